The molecular weight excluding hydrogens is 420 g/mol. The van der Waals surface area contributed by atoms with E-state index in [1.807, 2.05) is 30.3 Å². The molecule has 0 aliphatic rings. The fourth-order valence-corrected chi connectivity index (χ4v) is 3.04. The molecule has 1 heterocycles. The van der Waals surface area contributed by atoms with Crippen LogP contribution in [-0.2, 0) is 6.61 Å². The van der Waals surface area contributed by atoms with E-state index in [2.05, 4.69) is 20.9 Å². The first-order valence-electron chi connectivity index (χ1n) is 8.09. The van der Waals surface area contributed by atoms with E-state index in [9.17, 15) is 13.6 Å². The molecule has 1 unspecified atom stereocenters. The predicted molar refractivity (Wildman–Crippen MR) is 101 cm³/mol. The monoisotopic (exact) mass is 435 g/mol. The second-order valence-corrected chi connectivity index (χ2v) is 6.56. The second kappa shape index (κ2) is 8.41. The van der Waals surface area contributed by atoms with Crippen LogP contribution in [0.25, 0.3) is 0 Å². The molecule has 0 fully saturated rings. The summed E-state index contributed by atoms with van der Waals surface area (Å²) in [5.74, 6) is -1.39. The molecule has 1 atom stereocenters. The highest BCUT2D eigenvalue weighted by molar-refractivity contribution is 9.10. The third-order valence-corrected chi connectivity index (χ3v) is 4.71. The molecule has 3 rings (SSSR count). The van der Waals surface area contributed by atoms with Crippen molar-refractivity contribution < 1.29 is 13.5 Å². The van der Waals surface area contributed by atoms with Crippen molar-refractivity contribution in [2.75, 3.05) is 6.54 Å². The third-order valence-electron chi connectivity index (χ3n) is 4.03. The molecule has 0 saturated heterocycles. The van der Waals surface area contributed by atoms with Gasteiger partial charge in [-0.15, -0.1) is 0 Å². The van der Waals surface area contributed by atoms with Crippen molar-refractivity contribution in [2.24, 2.45) is 5.73 Å². The van der Waals surface area contributed by atoms with Crippen LogP contribution < -0.4 is 16.0 Å². The van der Waals surface area contributed by atoms with Gasteiger partial charge in [-0.2, -0.15) is 0 Å². The fourth-order valence-electron chi connectivity index (χ4n) is 2.62. The Balaban J connectivity index is 1.85. The van der Waals surface area contributed by atoms with Crippen molar-refractivity contribution in [1.29, 1.82) is 0 Å². The van der Waals surface area contributed by atoms with Gasteiger partial charge in [0.05, 0.1) is 6.04 Å². The van der Waals surface area contributed by atoms with E-state index in [1.54, 1.807) is 0 Å². The number of rotatable bonds is 6. The first-order chi connectivity index (χ1) is 13.0. The van der Waals surface area contributed by atoms with Crippen LogP contribution in [0.3, 0.4) is 0 Å². The van der Waals surface area contributed by atoms with Crippen LogP contribution in [0, 0.1) is 11.6 Å². The summed E-state index contributed by atoms with van der Waals surface area (Å²) in [5, 5.41) is 0. The summed E-state index contributed by atoms with van der Waals surface area (Å²) in [6, 6.07) is 12.1. The smallest absolute Gasteiger partial charge is 0.272 e. The van der Waals surface area contributed by atoms with Crippen molar-refractivity contribution in [3.05, 3.63) is 92.4 Å². The zero-order valence-corrected chi connectivity index (χ0v) is 15.7. The van der Waals surface area contributed by atoms with Gasteiger partial charge < -0.3 is 10.5 Å². The number of nitrogens with zero attached hydrogens (tertiary/aromatic N) is 2. The summed E-state index contributed by atoms with van der Waals surface area (Å²) >= 11 is 3.19. The first kappa shape index (κ1) is 19.2. The number of ether oxygens (including phenoxy) is 1. The average molecular weight is 436 g/mol. The molecule has 3 aromatic rings. The molecule has 0 aliphatic heterocycles. The van der Waals surface area contributed by atoms with E-state index in [-0.39, 0.29) is 40.7 Å². The van der Waals surface area contributed by atoms with Gasteiger partial charge in [0, 0.05) is 18.2 Å². The van der Waals surface area contributed by atoms with Gasteiger partial charge in [0.1, 0.15) is 29.0 Å². The Morgan fingerprint density at radius 3 is 2.59 bits per heavy atom. The van der Waals surface area contributed by atoms with E-state index < -0.39 is 11.6 Å². The van der Waals surface area contributed by atoms with Gasteiger partial charge in [-0.1, -0.05) is 30.3 Å². The first-order valence-corrected chi connectivity index (χ1v) is 8.89. The molecule has 140 valence electrons. The topological polar surface area (TPSA) is 70.1 Å². The third kappa shape index (κ3) is 4.23. The summed E-state index contributed by atoms with van der Waals surface area (Å²) in [6.07, 6.45) is 1.34. The molecule has 0 bridgehead atoms. The number of aromatic nitrogens is 2. The molecule has 5 nitrogen and oxygen atoms in total. The van der Waals surface area contributed by atoms with Crippen molar-refractivity contribution in [2.45, 2.75) is 12.6 Å². The summed E-state index contributed by atoms with van der Waals surface area (Å²) in [7, 11) is 0. The van der Waals surface area contributed by atoms with Crippen molar-refractivity contribution in [1.82, 2.24) is 9.55 Å². The van der Waals surface area contributed by atoms with E-state index >= 15 is 0 Å². The molecule has 27 heavy (non-hydrogen) atoms. The zero-order valence-electron chi connectivity index (χ0n) is 14.1. The molecule has 0 aliphatic carbocycles. The van der Waals surface area contributed by atoms with Crippen LogP contribution in [0.4, 0.5) is 8.78 Å². The molecule has 0 saturated carbocycles. The molecule has 0 amide bonds. The average Bonchev–Trinajstić information content (AvgIpc) is 2.67. The Hall–Kier alpha value is -2.58. The van der Waals surface area contributed by atoms with Crippen LogP contribution >= 0.6 is 15.9 Å². The Kier molecular flexibility index (Phi) is 5.98. The highest BCUT2D eigenvalue weighted by Crippen LogP contribution is 2.22. The van der Waals surface area contributed by atoms with Crippen molar-refractivity contribution in [3.8, 4) is 5.88 Å². The maximum Gasteiger partial charge on any atom is 0.272 e. The normalized spacial score (nSPS) is 12.0. The largest absolute Gasteiger partial charge is 0.472 e. The van der Waals surface area contributed by atoms with Gasteiger partial charge >= 0.3 is 0 Å². The minimum atomic E-state index is -0.730. The van der Waals surface area contributed by atoms with Gasteiger partial charge in [-0.3, -0.25) is 9.36 Å². The van der Waals surface area contributed by atoms with Crippen LogP contribution in [0.2, 0.25) is 0 Å². The fraction of sp³-hybridized carbons (Fsp3) is 0.158. The summed E-state index contributed by atoms with van der Waals surface area (Å²) < 4.78 is 33.6. The molecule has 0 spiro atoms. The maximum atomic E-state index is 13.7. The lowest BCUT2D eigenvalue weighted by Crippen LogP contribution is -2.31. The minimum absolute atomic E-state index is 0.0174. The number of nitrogens with two attached hydrogens (primary N) is 1. The lowest BCUT2D eigenvalue weighted by atomic mass is 10.1. The molecule has 0 radical (unpaired) electrons. The van der Waals surface area contributed by atoms with Gasteiger partial charge in [-0.25, -0.2) is 13.8 Å². The minimum Gasteiger partial charge on any atom is -0.472 e. The number of hydrogen-bond donors (Lipinski definition) is 1. The molecule has 8 heteroatoms. The highest BCUT2D eigenvalue weighted by atomic mass is 79.9. The van der Waals surface area contributed by atoms with Crippen LogP contribution in [0.1, 0.15) is 17.2 Å². The van der Waals surface area contributed by atoms with Crippen LogP contribution in [0.15, 0.2) is 64.1 Å². The van der Waals surface area contributed by atoms with Gasteiger partial charge in [-0.05, 0) is 33.6 Å². The zero-order chi connectivity index (χ0) is 19.4. The quantitative estimate of drug-likeness (QED) is 0.643. The second-order valence-electron chi connectivity index (χ2n) is 5.76. The van der Waals surface area contributed by atoms with Gasteiger partial charge in [0.15, 0.2) is 0 Å². The van der Waals surface area contributed by atoms with E-state index in [0.29, 0.717) is 0 Å². The Morgan fingerprint density at radius 2 is 1.93 bits per heavy atom. The van der Waals surface area contributed by atoms with E-state index in [4.69, 9.17) is 10.5 Å². The molecule has 2 N–H and O–H groups in total. The maximum absolute atomic E-state index is 13.7. The van der Waals surface area contributed by atoms with Crippen molar-refractivity contribution in [3.63, 3.8) is 0 Å². The van der Waals surface area contributed by atoms with Crippen LogP contribution in [0.5, 0.6) is 5.88 Å². The SMILES string of the molecule is NCC(c1ccccc1)n1cnc(OCc2ccc(F)cc2F)c(Br)c1=O. The summed E-state index contributed by atoms with van der Waals surface area (Å²) in [6.45, 7) is 0.0131. The summed E-state index contributed by atoms with van der Waals surface area (Å²) in [5.41, 5.74) is 6.50. The Morgan fingerprint density at radius 1 is 1.19 bits per heavy atom. The van der Waals surface area contributed by atoms with Crippen molar-refractivity contribution >= 4 is 15.9 Å². The Labute approximate surface area is 162 Å². The number of benzene rings is 2. The standard InChI is InChI=1S/C19H16BrF2N3O2/c20-17-18(27-10-13-6-7-14(21)8-15(13)22)24-11-25(19(17)26)16(9-23)12-4-2-1-3-5-12/h1-8,11,16H,9-10,23H2. The van der Waals surface area contributed by atoms with Gasteiger partial charge in [0.2, 0.25) is 5.88 Å². The van der Waals surface area contributed by atoms with E-state index in [0.717, 1.165) is 17.7 Å². The Bertz CT molecular complexity index is 996. The van der Waals surface area contributed by atoms with Crippen LogP contribution in [-0.4, -0.2) is 16.1 Å². The highest BCUT2D eigenvalue weighted by Gasteiger charge is 2.18. The molecule has 1 aromatic heterocycles. The number of halogens is 3. The molecular formula is C19H16BrF2N3O2. The molecule has 2 aromatic carbocycles. The summed E-state index contributed by atoms with van der Waals surface area (Å²) in [4.78, 5) is 16.8. The predicted octanol–water partition coefficient (Wildman–Crippen LogP) is 3.41. The van der Waals surface area contributed by atoms with Gasteiger partial charge in [0.25, 0.3) is 5.56 Å². The van der Waals surface area contributed by atoms with E-state index in [1.165, 1.54) is 17.0 Å². The number of hydrogen-bond acceptors (Lipinski definition) is 4. The lowest BCUT2D eigenvalue weighted by Gasteiger charge is -2.19. The lowest BCUT2D eigenvalue weighted by molar-refractivity contribution is 0.282.